The van der Waals surface area contributed by atoms with Crippen LogP contribution in [0.5, 0.6) is 11.5 Å². The Morgan fingerprint density at radius 2 is 1.61 bits per heavy atom. The van der Waals surface area contributed by atoms with Crippen LogP contribution < -0.4 is 15.0 Å². The van der Waals surface area contributed by atoms with Gasteiger partial charge >= 0.3 is 0 Å². The maximum absolute atomic E-state index is 12.8. The van der Waals surface area contributed by atoms with E-state index in [9.17, 15) is 4.79 Å². The van der Waals surface area contributed by atoms with Gasteiger partial charge in [0.05, 0.1) is 13.2 Å². The van der Waals surface area contributed by atoms with Gasteiger partial charge in [0, 0.05) is 18.3 Å². The molecule has 0 saturated carbocycles. The predicted molar refractivity (Wildman–Crippen MR) is 109 cm³/mol. The number of aromatic nitrogens is 1. The van der Waals surface area contributed by atoms with E-state index in [1.807, 2.05) is 73.1 Å². The molecule has 5 heteroatoms. The minimum absolute atomic E-state index is 0.322. The molecule has 1 amide bonds. The molecule has 1 heterocycles. The van der Waals surface area contributed by atoms with E-state index in [0.717, 1.165) is 5.56 Å². The fraction of sp³-hybridized carbons (Fsp3) is 0.217. The number of benzene rings is 2. The van der Waals surface area contributed by atoms with Gasteiger partial charge in [0.1, 0.15) is 5.49 Å². The summed E-state index contributed by atoms with van der Waals surface area (Å²) in [5.74, 6) is 0.854. The van der Waals surface area contributed by atoms with Crippen LogP contribution in [0.1, 0.15) is 29.8 Å². The third-order valence-electron chi connectivity index (χ3n) is 4.12. The summed E-state index contributed by atoms with van der Waals surface area (Å²) in [5, 5.41) is 0. The number of pyridine rings is 1. The lowest BCUT2D eigenvalue weighted by atomic mass is 10.2. The summed E-state index contributed by atoms with van der Waals surface area (Å²) in [4.78, 5) is 17.1. The van der Waals surface area contributed by atoms with Crippen LogP contribution in [0.2, 0.25) is 0 Å². The molecule has 0 aliphatic carbocycles. The second-order valence-corrected chi connectivity index (χ2v) is 6.12. The molecule has 0 aliphatic rings. The van der Waals surface area contributed by atoms with Gasteiger partial charge in [-0.1, -0.05) is 36.4 Å². The smallest absolute Gasteiger partial charge is 0.279 e. The maximum atomic E-state index is 12.8. The van der Waals surface area contributed by atoms with Crippen molar-refractivity contribution in [3.63, 3.8) is 0 Å². The summed E-state index contributed by atoms with van der Waals surface area (Å²) in [6.45, 7) is 5.46. The molecule has 5 nitrogen and oxygen atoms in total. The fourth-order valence-corrected chi connectivity index (χ4v) is 2.84. The highest BCUT2D eigenvalue weighted by Crippen LogP contribution is 2.28. The van der Waals surface area contributed by atoms with Crippen molar-refractivity contribution in [3.05, 3.63) is 89.5 Å². The molecule has 0 spiro atoms. The summed E-state index contributed by atoms with van der Waals surface area (Å²) in [7, 11) is 0. The second kappa shape index (κ2) is 9.55. The number of carbonyl (C=O) groups excluding carboxylic acids is 1. The van der Waals surface area contributed by atoms with Gasteiger partial charge in [-0.2, -0.15) is 4.99 Å². The van der Waals surface area contributed by atoms with E-state index in [4.69, 9.17) is 9.47 Å². The lowest BCUT2D eigenvalue weighted by Gasteiger charge is -2.11. The summed E-state index contributed by atoms with van der Waals surface area (Å²) >= 11 is 0. The predicted octanol–water partition coefficient (Wildman–Crippen LogP) is 4.07. The molecule has 0 bridgehead atoms. The zero-order chi connectivity index (χ0) is 19.8. The number of hydrogen-bond acceptors (Lipinski definition) is 3. The van der Waals surface area contributed by atoms with Crippen molar-refractivity contribution in [2.75, 3.05) is 13.2 Å². The van der Waals surface area contributed by atoms with E-state index in [-0.39, 0.29) is 5.91 Å². The Morgan fingerprint density at radius 3 is 2.36 bits per heavy atom. The first-order chi connectivity index (χ1) is 13.7. The number of rotatable bonds is 7. The van der Waals surface area contributed by atoms with E-state index in [1.165, 1.54) is 0 Å². The van der Waals surface area contributed by atoms with E-state index in [1.54, 1.807) is 18.2 Å². The van der Waals surface area contributed by atoms with E-state index < -0.39 is 0 Å². The molecular weight excluding hydrogens is 352 g/mol. The molecule has 0 aliphatic heterocycles. The van der Waals surface area contributed by atoms with Gasteiger partial charge in [-0.15, -0.1) is 0 Å². The summed E-state index contributed by atoms with van der Waals surface area (Å²) in [6, 6.07) is 20.8. The monoisotopic (exact) mass is 376 g/mol. The third-order valence-corrected chi connectivity index (χ3v) is 4.12. The molecule has 3 aromatic rings. The van der Waals surface area contributed by atoms with Crippen molar-refractivity contribution < 1.29 is 14.3 Å². The molecule has 0 unspecified atom stereocenters. The second-order valence-electron chi connectivity index (χ2n) is 6.12. The van der Waals surface area contributed by atoms with Gasteiger partial charge in [0.25, 0.3) is 5.91 Å². The Balaban J connectivity index is 1.92. The Hall–Kier alpha value is -3.34. The maximum Gasteiger partial charge on any atom is 0.279 e. The Kier molecular flexibility index (Phi) is 6.63. The van der Waals surface area contributed by atoms with Gasteiger partial charge in [0.2, 0.25) is 0 Å². The van der Waals surface area contributed by atoms with Gasteiger partial charge in [0.15, 0.2) is 11.5 Å². The zero-order valence-electron chi connectivity index (χ0n) is 16.2. The Morgan fingerprint density at radius 1 is 0.893 bits per heavy atom. The molecule has 0 N–H and O–H groups in total. The first kappa shape index (κ1) is 19.4. The summed E-state index contributed by atoms with van der Waals surface area (Å²) in [6.07, 6.45) is 1.92. The Bertz CT molecular complexity index is 994. The number of amides is 1. The van der Waals surface area contributed by atoms with Crippen LogP contribution >= 0.6 is 0 Å². The quantitative estimate of drug-likeness (QED) is 0.624. The van der Waals surface area contributed by atoms with E-state index in [2.05, 4.69) is 4.99 Å². The van der Waals surface area contributed by atoms with Crippen molar-refractivity contribution in [1.29, 1.82) is 0 Å². The molecule has 1 aromatic heterocycles. The summed E-state index contributed by atoms with van der Waals surface area (Å²) in [5.41, 5.74) is 2.20. The first-order valence-corrected chi connectivity index (χ1v) is 9.39. The number of ether oxygens (including phenoxy) is 2. The average molecular weight is 376 g/mol. The molecule has 144 valence electrons. The van der Waals surface area contributed by atoms with Crippen LogP contribution in [0.25, 0.3) is 0 Å². The SMILES string of the molecule is CCOc1ccc(C(=O)N=c2ccccn2Cc2ccccc2)cc1OCC. The van der Waals surface area contributed by atoms with E-state index in [0.29, 0.717) is 42.3 Å². The Labute approximate surface area is 164 Å². The van der Waals surface area contributed by atoms with Crippen molar-refractivity contribution >= 4 is 5.91 Å². The van der Waals surface area contributed by atoms with Gasteiger partial charge in [-0.3, -0.25) is 4.79 Å². The average Bonchev–Trinajstić information content (AvgIpc) is 2.72. The standard InChI is InChI=1S/C23H24N2O3/c1-3-27-20-14-13-19(16-21(20)28-4-2)23(26)24-22-12-8-9-15-25(22)17-18-10-6-5-7-11-18/h5-16H,3-4,17H2,1-2H3. The lowest BCUT2D eigenvalue weighted by molar-refractivity contribution is 0.0996. The molecule has 2 aromatic carbocycles. The zero-order valence-corrected chi connectivity index (χ0v) is 16.2. The number of nitrogens with zero attached hydrogens (tertiary/aromatic N) is 2. The molecule has 3 rings (SSSR count). The van der Waals surface area contributed by atoms with Gasteiger partial charge in [-0.25, -0.2) is 0 Å². The molecule has 0 saturated heterocycles. The van der Waals surface area contributed by atoms with Gasteiger partial charge < -0.3 is 14.0 Å². The van der Waals surface area contributed by atoms with Crippen LogP contribution in [0.15, 0.2) is 77.9 Å². The fourth-order valence-electron chi connectivity index (χ4n) is 2.84. The van der Waals surface area contributed by atoms with Crippen LogP contribution in [-0.4, -0.2) is 23.7 Å². The van der Waals surface area contributed by atoms with Crippen LogP contribution in [0.3, 0.4) is 0 Å². The van der Waals surface area contributed by atoms with Crippen LogP contribution in [0.4, 0.5) is 0 Å². The van der Waals surface area contributed by atoms with Crippen molar-refractivity contribution in [2.45, 2.75) is 20.4 Å². The molecule has 0 radical (unpaired) electrons. The lowest BCUT2D eigenvalue weighted by Crippen LogP contribution is -2.22. The third kappa shape index (κ3) is 4.88. The molecule has 28 heavy (non-hydrogen) atoms. The van der Waals surface area contributed by atoms with Crippen molar-refractivity contribution in [2.24, 2.45) is 4.99 Å². The highest BCUT2D eigenvalue weighted by atomic mass is 16.5. The van der Waals surface area contributed by atoms with Crippen LogP contribution in [-0.2, 0) is 6.54 Å². The minimum atomic E-state index is -0.322. The molecule has 0 atom stereocenters. The topological polar surface area (TPSA) is 52.8 Å². The highest BCUT2D eigenvalue weighted by molar-refractivity contribution is 5.95. The van der Waals surface area contributed by atoms with Crippen molar-refractivity contribution in [3.8, 4) is 11.5 Å². The van der Waals surface area contributed by atoms with Crippen LogP contribution in [0, 0.1) is 0 Å². The number of hydrogen-bond donors (Lipinski definition) is 0. The largest absolute Gasteiger partial charge is 0.490 e. The molecular formula is C23H24N2O3. The van der Waals surface area contributed by atoms with E-state index >= 15 is 0 Å². The summed E-state index contributed by atoms with van der Waals surface area (Å²) < 4.78 is 13.1. The normalized spacial score (nSPS) is 11.3. The van der Waals surface area contributed by atoms with Gasteiger partial charge in [-0.05, 0) is 49.7 Å². The highest BCUT2D eigenvalue weighted by Gasteiger charge is 2.11. The minimum Gasteiger partial charge on any atom is -0.490 e. The number of carbonyl (C=O) groups is 1. The first-order valence-electron chi connectivity index (χ1n) is 9.39. The van der Waals surface area contributed by atoms with Crippen molar-refractivity contribution in [1.82, 2.24) is 4.57 Å². The molecule has 0 fully saturated rings.